The molecule has 0 unspecified atom stereocenters. The minimum atomic E-state index is -0.746. The Morgan fingerprint density at radius 1 is 1.12 bits per heavy atom. The second-order valence-corrected chi connectivity index (χ2v) is 9.35. The molecule has 3 amide bonds. The number of aryl methyl sites for hydroxylation is 1. The fraction of sp³-hybridized carbons (Fsp3) is 0.385. The summed E-state index contributed by atoms with van der Waals surface area (Å²) in [5.41, 5.74) is 1.77. The van der Waals surface area contributed by atoms with Crippen molar-refractivity contribution in [3.8, 4) is 5.82 Å². The van der Waals surface area contributed by atoms with E-state index in [4.69, 9.17) is 0 Å². The lowest BCUT2D eigenvalue weighted by Gasteiger charge is -2.38. The van der Waals surface area contributed by atoms with Crippen LogP contribution in [0.5, 0.6) is 0 Å². The zero-order valence-electron chi connectivity index (χ0n) is 22.7. The number of hydrogen-bond donors (Lipinski definition) is 1. The van der Waals surface area contributed by atoms with Crippen molar-refractivity contribution in [1.29, 1.82) is 0 Å². The number of carbonyl (C=O) groups is 2. The lowest BCUT2D eigenvalue weighted by molar-refractivity contribution is -0.114. The first-order valence-electron chi connectivity index (χ1n) is 12.7. The highest BCUT2D eigenvalue weighted by atomic mass is 19.1. The second kappa shape index (κ2) is 11.7. The molecule has 1 saturated heterocycles. The summed E-state index contributed by atoms with van der Waals surface area (Å²) in [4.78, 5) is 36.8. The predicted molar refractivity (Wildman–Crippen MR) is 143 cm³/mol. The van der Waals surface area contributed by atoms with Crippen LogP contribution in [0.1, 0.15) is 43.3 Å². The molecule has 0 saturated carbocycles. The van der Waals surface area contributed by atoms with E-state index in [9.17, 15) is 22.8 Å². The maximum absolute atomic E-state index is 14.8. The van der Waals surface area contributed by atoms with Gasteiger partial charge in [-0.1, -0.05) is 6.92 Å². The van der Waals surface area contributed by atoms with E-state index >= 15 is 0 Å². The zero-order chi connectivity index (χ0) is 29.1. The van der Waals surface area contributed by atoms with Crippen LogP contribution in [-0.4, -0.2) is 74.5 Å². The van der Waals surface area contributed by atoms with Gasteiger partial charge in [0.25, 0.3) is 0 Å². The molecule has 14 heteroatoms. The van der Waals surface area contributed by atoms with Gasteiger partial charge < -0.3 is 15.1 Å². The monoisotopic (exact) mass is 557 g/mol. The van der Waals surface area contributed by atoms with Gasteiger partial charge in [0.2, 0.25) is 11.9 Å². The fourth-order valence-corrected chi connectivity index (χ4v) is 4.71. The number of rotatable bonds is 7. The van der Waals surface area contributed by atoms with E-state index in [1.54, 1.807) is 30.6 Å². The van der Waals surface area contributed by atoms with Gasteiger partial charge >= 0.3 is 6.03 Å². The smallest absolute Gasteiger partial charge is 0.337 e. The molecule has 2 aromatic heterocycles. The quantitative estimate of drug-likeness (QED) is 0.348. The van der Waals surface area contributed by atoms with Gasteiger partial charge in [0.15, 0.2) is 11.6 Å². The molecule has 0 radical (unpaired) electrons. The van der Waals surface area contributed by atoms with Gasteiger partial charge in [0.1, 0.15) is 11.6 Å². The first-order valence-corrected chi connectivity index (χ1v) is 12.7. The number of nitrogens with one attached hydrogen (secondary N) is 1. The van der Waals surface area contributed by atoms with Gasteiger partial charge in [-0.05, 0) is 38.0 Å². The minimum Gasteiger partial charge on any atom is -0.337 e. The van der Waals surface area contributed by atoms with Crippen LogP contribution in [0.25, 0.3) is 5.82 Å². The summed E-state index contributed by atoms with van der Waals surface area (Å²) in [5.74, 6) is -2.29. The second-order valence-electron chi connectivity index (χ2n) is 9.35. The molecule has 1 aliphatic rings. The molecule has 0 aliphatic carbocycles. The third kappa shape index (κ3) is 5.75. The molecule has 1 fully saturated rings. The molecule has 3 aromatic rings. The van der Waals surface area contributed by atoms with Gasteiger partial charge in [0.05, 0.1) is 29.3 Å². The summed E-state index contributed by atoms with van der Waals surface area (Å²) in [7, 11) is 0. The van der Waals surface area contributed by atoms with Crippen LogP contribution in [-0.2, 0) is 4.79 Å². The van der Waals surface area contributed by atoms with Gasteiger partial charge in [-0.25, -0.2) is 32.6 Å². The molecule has 4 rings (SSSR count). The highest BCUT2D eigenvalue weighted by Crippen LogP contribution is 2.28. The molecule has 212 valence electrons. The average Bonchev–Trinajstić information content (AvgIpc) is 3.19. The van der Waals surface area contributed by atoms with E-state index in [0.717, 1.165) is 17.3 Å². The molecule has 40 heavy (non-hydrogen) atoms. The van der Waals surface area contributed by atoms with E-state index in [2.05, 4.69) is 32.2 Å². The Labute approximate surface area is 229 Å². The van der Waals surface area contributed by atoms with Crippen LogP contribution in [0.3, 0.4) is 0 Å². The van der Waals surface area contributed by atoms with E-state index < -0.39 is 29.5 Å². The Morgan fingerprint density at radius 2 is 1.77 bits per heavy atom. The first kappa shape index (κ1) is 28.5. The molecule has 1 aromatic carbocycles. The number of halogens is 3. The van der Waals surface area contributed by atoms with Crippen molar-refractivity contribution in [2.24, 2.45) is 5.10 Å². The number of aromatic nitrogens is 4. The fourth-order valence-electron chi connectivity index (χ4n) is 4.71. The highest BCUT2D eigenvalue weighted by Gasteiger charge is 2.31. The van der Waals surface area contributed by atoms with Crippen molar-refractivity contribution < 1.29 is 22.8 Å². The van der Waals surface area contributed by atoms with Gasteiger partial charge in [-0.2, -0.15) is 15.2 Å². The SMILES string of the molecule is C=NN(C(=O)N1CCN(c2ncc(F)c(-n3nc(C)c(NC(C)=O)c3C)n2)CC1)[C@@H](CC)c1cc(F)cc(F)c1. The van der Waals surface area contributed by atoms with E-state index in [1.807, 2.05) is 0 Å². The van der Waals surface area contributed by atoms with Crippen molar-refractivity contribution in [3.05, 3.63) is 58.8 Å². The topological polar surface area (TPSA) is 112 Å². The molecule has 1 atom stereocenters. The van der Waals surface area contributed by atoms with Crippen molar-refractivity contribution in [3.63, 3.8) is 0 Å². The Morgan fingerprint density at radius 3 is 2.35 bits per heavy atom. The molecule has 11 nitrogen and oxygen atoms in total. The van der Waals surface area contributed by atoms with E-state index in [0.29, 0.717) is 36.6 Å². The number of piperazine rings is 1. The number of anilines is 2. The maximum Gasteiger partial charge on any atom is 0.341 e. The van der Waals surface area contributed by atoms with Crippen LogP contribution in [0.2, 0.25) is 0 Å². The van der Waals surface area contributed by atoms with Crippen molar-refractivity contribution in [2.45, 2.75) is 40.2 Å². The maximum atomic E-state index is 14.8. The normalized spacial score (nSPS) is 14.2. The van der Waals surface area contributed by atoms with Crippen molar-refractivity contribution >= 4 is 30.3 Å². The van der Waals surface area contributed by atoms with E-state index in [1.165, 1.54) is 23.7 Å². The number of urea groups is 1. The lowest BCUT2D eigenvalue weighted by atomic mass is 10.0. The van der Waals surface area contributed by atoms with Crippen LogP contribution in [0, 0.1) is 31.3 Å². The number of nitrogens with zero attached hydrogens (tertiary/aromatic N) is 8. The third-order valence-corrected chi connectivity index (χ3v) is 6.64. The lowest BCUT2D eigenvalue weighted by Crippen LogP contribution is -2.52. The van der Waals surface area contributed by atoms with Crippen molar-refractivity contribution in [1.82, 2.24) is 29.7 Å². The average molecular weight is 558 g/mol. The Hall–Kier alpha value is -4.49. The number of carbonyl (C=O) groups excluding carboxylic acids is 2. The first-order chi connectivity index (χ1) is 19.0. The van der Waals surface area contributed by atoms with Gasteiger partial charge in [-0.3, -0.25) is 4.79 Å². The zero-order valence-corrected chi connectivity index (χ0v) is 22.7. The predicted octanol–water partition coefficient (Wildman–Crippen LogP) is 3.97. The molecular formula is C26H30F3N9O2. The number of hydrazone groups is 1. The molecule has 0 spiro atoms. The highest BCUT2D eigenvalue weighted by molar-refractivity contribution is 5.90. The standard InChI is InChI=1S/C26H30F3N9O2/c1-6-22(18-11-19(27)13-20(28)12-18)38(30-5)26(40)36-9-7-35(8-10-36)25-31-14-21(29)24(33-25)37-16(3)23(15(2)34-37)32-17(4)39/h11-14,22H,5-10H2,1-4H3,(H,32,39)/t22-/m0/s1. The van der Waals surface area contributed by atoms with Crippen LogP contribution < -0.4 is 10.2 Å². The summed E-state index contributed by atoms with van der Waals surface area (Å²) in [6.07, 6.45) is 1.41. The largest absolute Gasteiger partial charge is 0.341 e. The summed E-state index contributed by atoms with van der Waals surface area (Å²) < 4.78 is 43.8. The Kier molecular flexibility index (Phi) is 8.35. The number of amides is 3. The van der Waals surface area contributed by atoms with Crippen LogP contribution >= 0.6 is 0 Å². The number of benzene rings is 1. The Balaban J connectivity index is 1.50. The summed E-state index contributed by atoms with van der Waals surface area (Å²) in [6, 6.07) is 1.94. The van der Waals surface area contributed by atoms with Crippen LogP contribution in [0.15, 0.2) is 29.5 Å². The summed E-state index contributed by atoms with van der Waals surface area (Å²) in [6.45, 7) is 11.2. The van der Waals surface area contributed by atoms with Gasteiger partial charge in [-0.15, -0.1) is 0 Å². The van der Waals surface area contributed by atoms with E-state index in [-0.39, 0.29) is 36.3 Å². The molecular weight excluding hydrogens is 527 g/mol. The third-order valence-electron chi connectivity index (χ3n) is 6.64. The summed E-state index contributed by atoms with van der Waals surface area (Å²) >= 11 is 0. The van der Waals surface area contributed by atoms with Crippen molar-refractivity contribution in [2.75, 3.05) is 36.4 Å². The van der Waals surface area contributed by atoms with Gasteiger partial charge in [0, 0.05) is 45.9 Å². The summed E-state index contributed by atoms with van der Waals surface area (Å²) in [5, 5.41) is 12.0. The van der Waals surface area contributed by atoms with Crippen LogP contribution in [0.4, 0.5) is 29.6 Å². The Bertz CT molecular complexity index is 1420. The molecule has 0 bridgehead atoms. The molecule has 3 heterocycles. The minimum absolute atomic E-state index is 0.0733. The molecule has 1 N–H and O–H groups in total. The number of hydrogen-bond acceptors (Lipinski definition) is 7. The molecule has 1 aliphatic heterocycles.